The molecule has 2 aromatic heterocycles. The molecule has 0 fully saturated rings. The molecule has 0 saturated heterocycles. The molecule has 6 heteroatoms. The monoisotopic (exact) mass is 337 g/mol. The molecule has 1 unspecified atom stereocenters. The molecule has 0 amide bonds. The van der Waals surface area contributed by atoms with Gasteiger partial charge in [-0.2, -0.15) is 4.91 Å². The van der Waals surface area contributed by atoms with Crippen molar-refractivity contribution in [1.82, 2.24) is 4.98 Å². The molecule has 1 atom stereocenters. The Kier molecular flexibility index (Phi) is 3.61. The Balaban J connectivity index is 1.76. The van der Waals surface area contributed by atoms with Crippen molar-refractivity contribution in [2.45, 2.75) is 25.8 Å². The number of carbonyl (C=O) groups excluding carboxylic acids is 1. The van der Waals surface area contributed by atoms with Crippen LogP contribution in [-0.2, 0) is 6.42 Å². The smallest absolute Gasteiger partial charge is 0.171 e. The lowest BCUT2D eigenvalue weighted by molar-refractivity contribution is 0.102. The van der Waals surface area contributed by atoms with E-state index < -0.39 is 0 Å². The normalized spacial score (nSPS) is 16.1. The van der Waals surface area contributed by atoms with Crippen molar-refractivity contribution in [2.24, 2.45) is 5.18 Å². The van der Waals surface area contributed by atoms with Gasteiger partial charge in [0.1, 0.15) is 6.04 Å². The van der Waals surface area contributed by atoms with Crippen LogP contribution >= 0.6 is 11.3 Å². The van der Waals surface area contributed by atoms with Gasteiger partial charge in [0.25, 0.3) is 0 Å². The van der Waals surface area contributed by atoms with E-state index in [1.165, 1.54) is 11.3 Å². The van der Waals surface area contributed by atoms with Crippen LogP contribution in [-0.4, -0.2) is 10.8 Å². The summed E-state index contributed by atoms with van der Waals surface area (Å²) in [5.41, 5.74) is 3.91. The van der Waals surface area contributed by atoms with Gasteiger partial charge in [-0.3, -0.25) is 9.78 Å². The number of ketones is 1. The minimum Gasteiger partial charge on any atom is -0.354 e. The highest BCUT2D eigenvalue weighted by atomic mass is 32.1. The van der Waals surface area contributed by atoms with E-state index in [-0.39, 0.29) is 11.8 Å². The maximum atomic E-state index is 12.0. The van der Waals surface area contributed by atoms with Gasteiger partial charge in [0, 0.05) is 30.4 Å². The number of nitrogens with one attached hydrogen (secondary N) is 1. The summed E-state index contributed by atoms with van der Waals surface area (Å²) in [6.45, 7) is 1.58. The molecule has 1 aliphatic rings. The number of hydrogen-bond donors (Lipinski definition) is 1. The third-order valence-corrected chi connectivity index (χ3v) is 5.64. The zero-order chi connectivity index (χ0) is 16.7. The number of nitroso groups, excluding NO2 is 1. The fourth-order valence-electron chi connectivity index (χ4n) is 3.25. The van der Waals surface area contributed by atoms with Crippen molar-refractivity contribution in [3.8, 4) is 0 Å². The van der Waals surface area contributed by atoms with E-state index in [1.807, 2.05) is 18.2 Å². The molecule has 0 radical (unpaired) electrons. The van der Waals surface area contributed by atoms with Gasteiger partial charge in [0.15, 0.2) is 5.78 Å². The summed E-state index contributed by atoms with van der Waals surface area (Å²) in [6, 6.07) is 7.64. The number of hydrogen-bond acceptors (Lipinski definition) is 6. The first-order valence-corrected chi connectivity index (χ1v) is 8.59. The molecular weight excluding hydrogens is 322 g/mol. The number of pyridine rings is 1. The highest BCUT2D eigenvalue weighted by molar-refractivity contribution is 7.21. The van der Waals surface area contributed by atoms with Gasteiger partial charge in [-0.1, -0.05) is 11.2 Å². The molecule has 1 aliphatic carbocycles. The predicted molar refractivity (Wildman–Crippen MR) is 96.2 cm³/mol. The van der Waals surface area contributed by atoms with Crippen LogP contribution in [0.15, 0.2) is 41.8 Å². The third kappa shape index (κ3) is 2.39. The van der Waals surface area contributed by atoms with Crippen LogP contribution in [0.5, 0.6) is 0 Å². The first-order chi connectivity index (χ1) is 11.7. The summed E-state index contributed by atoms with van der Waals surface area (Å²) in [4.78, 5) is 27.7. The van der Waals surface area contributed by atoms with Crippen LogP contribution in [0.1, 0.15) is 40.2 Å². The Hall–Kier alpha value is -2.60. The predicted octanol–water partition coefficient (Wildman–Crippen LogP) is 5.00. The van der Waals surface area contributed by atoms with Crippen molar-refractivity contribution >= 4 is 38.6 Å². The van der Waals surface area contributed by atoms with Crippen LogP contribution < -0.4 is 5.32 Å². The molecule has 4 rings (SSSR count). The number of thiophene rings is 1. The molecule has 0 spiro atoms. The van der Waals surface area contributed by atoms with E-state index in [0.29, 0.717) is 4.88 Å². The van der Waals surface area contributed by atoms with Gasteiger partial charge in [0.05, 0.1) is 15.3 Å². The van der Waals surface area contributed by atoms with Crippen LogP contribution in [0.4, 0.5) is 11.4 Å². The molecule has 0 bridgehead atoms. The van der Waals surface area contributed by atoms with Gasteiger partial charge in [0.2, 0.25) is 0 Å². The second-order valence-electron chi connectivity index (χ2n) is 5.93. The van der Waals surface area contributed by atoms with E-state index >= 15 is 0 Å². The molecule has 24 heavy (non-hydrogen) atoms. The fraction of sp³-hybridized carbons (Fsp3) is 0.222. The number of carbonyl (C=O) groups is 1. The quantitative estimate of drug-likeness (QED) is 0.537. The fourth-order valence-corrected chi connectivity index (χ4v) is 4.27. The zero-order valence-corrected chi connectivity index (χ0v) is 13.9. The van der Waals surface area contributed by atoms with Crippen molar-refractivity contribution in [3.63, 3.8) is 0 Å². The zero-order valence-electron chi connectivity index (χ0n) is 13.1. The molecule has 5 nitrogen and oxygen atoms in total. The van der Waals surface area contributed by atoms with Crippen LogP contribution in [0.3, 0.4) is 0 Å². The first-order valence-electron chi connectivity index (χ1n) is 7.77. The van der Waals surface area contributed by atoms with Gasteiger partial charge in [-0.25, -0.2) is 0 Å². The number of aryl methyl sites for hydroxylation is 1. The Bertz CT molecular complexity index is 964. The van der Waals surface area contributed by atoms with Gasteiger partial charge < -0.3 is 5.32 Å². The lowest BCUT2D eigenvalue weighted by atomic mass is 10.1. The number of fused-ring (bicyclic) bond motifs is 2. The van der Waals surface area contributed by atoms with Crippen molar-refractivity contribution in [1.29, 1.82) is 0 Å². The number of Topliss-reactive ketones (excluding diaryl/α,β-unsaturated/α-hetero) is 1. The summed E-state index contributed by atoms with van der Waals surface area (Å²) in [6.07, 6.45) is 5.14. The van der Waals surface area contributed by atoms with Gasteiger partial charge in [-0.05, 0) is 42.2 Å². The maximum absolute atomic E-state index is 12.0. The summed E-state index contributed by atoms with van der Waals surface area (Å²) >= 11 is 1.45. The molecule has 1 aromatic carbocycles. The summed E-state index contributed by atoms with van der Waals surface area (Å²) in [5.74, 6) is 0.0325. The van der Waals surface area contributed by atoms with E-state index in [1.54, 1.807) is 19.3 Å². The molecule has 0 aliphatic heterocycles. The molecule has 120 valence electrons. The Morgan fingerprint density at radius 2 is 2.25 bits per heavy atom. The largest absolute Gasteiger partial charge is 0.354 e. The average Bonchev–Trinajstić information content (AvgIpc) is 3.16. The number of anilines is 2. The van der Waals surface area contributed by atoms with Crippen molar-refractivity contribution < 1.29 is 4.79 Å². The number of nitrogens with zero attached hydrogens (tertiary/aromatic N) is 2. The third-order valence-electron chi connectivity index (χ3n) is 4.40. The Labute approximate surface area is 142 Å². The van der Waals surface area contributed by atoms with E-state index in [9.17, 15) is 9.70 Å². The highest BCUT2D eigenvalue weighted by Gasteiger charge is 2.23. The lowest BCUT2D eigenvalue weighted by Crippen LogP contribution is -1.97. The average molecular weight is 337 g/mol. The van der Waals surface area contributed by atoms with Gasteiger partial charge in [-0.15, -0.1) is 11.3 Å². The lowest BCUT2D eigenvalue weighted by Gasteiger charge is -2.10. The number of rotatable bonds is 4. The van der Waals surface area contributed by atoms with Crippen LogP contribution in [0, 0.1) is 4.91 Å². The van der Waals surface area contributed by atoms with Gasteiger partial charge >= 0.3 is 0 Å². The van der Waals surface area contributed by atoms with E-state index in [4.69, 9.17) is 0 Å². The summed E-state index contributed by atoms with van der Waals surface area (Å²) in [5, 5.41) is 7.58. The van der Waals surface area contributed by atoms with E-state index in [2.05, 4.69) is 21.5 Å². The first kappa shape index (κ1) is 15.0. The second kappa shape index (κ2) is 5.79. The standard InChI is InChI=1S/C18H15N3O2S/c1-10(22)18-17(14-6-7-19-9-16(14)24-18)20-12-3-4-13-11(8-12)2-5-15(13)21-23/h3-4,6-9,15,20H,2,5H2,1H3. The highest BCUT2D eigenvalue weighted by Crippen LogP contribution is 2.39. The summed E-state index contributed by atoms with van der Waals surface area (Å²) in [7, 11) is 0. The molecule has 0 saturated carbocycles. The minimum absolute atomic E-state index is 0.0325. The maximum Gasteiger partial charge on any atom is 0.171 e. The Morgan fingerprint density at radius 3 is 3.04 bits per heavy atom. The van der Waals surface area contributed by atoms with Crippen LogP contribution in [0.2, 0.25) is 0 Å². The Morgan fingerprint density at radius 1 is 1.38 bits per heavy atom. The van der Waals surface area contributed by atoms with Crippen molar-refractivity contribution in [3.05, 3.63) is 57.6 Å². The SMILES string of the molecule is CC(=O)c1sc2cnccc2c1Nc1ccc2c(c1)CCC2N=O. The molecule has 2 heterocycles. The number of benzene rings is 1. The molecule has 3 aromatic rings. The second-order valence-corrected chi connectivity index (χ2v) is 6.98. The van der Waals surface area contributed by atoms with Crippen LogP contribution in [0.25, 0.3) is 10.1 Å². The van der Waals surface area contributed by atoms with E-state index in [0.717, 1.165) is 45.4 Å². The number of aromatic nitrogens is 1. The topological polar surface area (TPSA) is 71.4 Å². The molecule has 1 N–H and O–H groups in total. The minimum atomic E-state index is -0.227. The van der Waals surface area contributed by atoms with Crippen molar-refractivity contribution in [2.75, 3.05) is 5.32 Å². The summed E-state index contributed by atoms with van der Waals surface area (Å²) < 4.78 is 0.983. The molecular formula is C18H15N3O2S.